The molecule has 0 radical (unpaired) electrons. The lowest BCUT2D eigenvalue weighted by Crippen LogP contribution is -2.22. The Kier molecular flexibility index (Phi) is 21.1. The van der Waals surface area contributed by atoms with E-state index in [2.05, 4.69) is 30.6 Å². The first-order valence-corrected chi connectivity index (χ1v) is 29.0. The van der Waals surface area contributed by atoms with Crippen molar-refractivity contribution < 1.29 is 51.7 Å². The SMILES string of the molecule is Nc1nc(N)c(-c2ccc(Cl)c(Cl)c2)c(CCc2cccc(CNC(=O)c3ccc(S(=O)(=O)F)cc3)c2)n1.Nc1nc(N)c(-c2ccc(Cl)c(Cl)c2)c(CCc2cccc(CNC(=O)c3ccc(S(=O)(=O)F)cc3)c2)n1.O=S(=O)(O)O. The van der Waals surface area contributed by atoms with E-state index in [0.29, 0.717) is 68.3 Å². The van der Waals surface area contributed by atoms with Crippen LogP contribution in [-0.4, -0.2) is 66.1 Å². The lowest BCUT2D eigenvalue weighted by atomic mass is 9.99. The number of nitrogens with zero attached hydrogens (tertiary/aromatic N) is 4. The Balaban J connectivity index is 0.000000241. The second-order valence-electron chi connectivity index (χ2n) is 17.2. The highest BCUT2D eigenvalue weighted by atomic mass is 35.5. The van der Waals surface area contributed by atoms with Crippen molar-refractivity contribution in [3.05, 3.63) is 198 Å². The van der Waals surface area contributed by atoms with Crippen molar-refractivity contribution in [1.29, 1.82) is 0 Å². The van der Waals surface area contributed by atoms with E-state index < -0.39 is 52.5 Å². The van der Waals surface area contributed by atoms with E-state index >= 15 is 0 Å². The minimum Gasteiger partial charge on any atom is -0.383 e. The molecule has 2 heterocycles. The highest BCUT2D eigenvalue weighted by Gasteiger charge is 2.19. The maximum Gasteiger partial charge on any atom is 0.394 e. The van der Waals surface area contributed by atoms with Crippen LogP contribution in [-0.2, 0) is 69.6 Å². The molecule has 0 saturated heterocycles. The standard InChI is InChI=1S/2C26H22Cl2FN5O3S.H2O4S/c2*27-20-10-7-18(13-21(20)28)23-22(33-26(31)34-24(23)30)11-4-15-2-1-3-16(12-15)14-32-25(35)17-5-8-19(9-6-17)38(29,36)37;1-5(2,3)4/h2*1-3,5-10,12-13H,4,11,14H2,(H,32,35)(H4,30,31,33,34);(H2,1,2,3,4). The molecule has 2 aromatic heterocycles. The molecule has 0 spiro atoms. The van der Waals surface area contributed by atoms with Crippen molar-refractivity contribution in [2.75, 3.05) is 22.9 Å². The number of anilines is 4. The van der Waals surface area contributed by atoms with Crippen molar-refractivity contribution in [3.8, 4) is 22.3 Å². The molecule has 20 nitrogen and oxygen atoms in total. The van der Waals surface area contributed by atoms with E-state index in [1.165, 1.54) is 24.3 Å². The van der Waals surface area contributed by atoms with Crippen LogP contribution in [0.2, 0.25) is 20.1 Å². The molecule has 81 heavy (non-hydrogen) atoms. The van der Waals surface area contributed by atoms with Crippen LogP contribution in [0.1, 0.15) is 54.4 Å². The number of halogens is 6. The molecule has 0 aliphatic carbocycles. The van der Waals surface area contributed by atoms with Crippen molar-refractivity contribution in [2.24, 2.45) is 0 Å². The zero-order chi connectivity index (χ0) is 59.4. The molecule has 12 N–H and O–H groups in total. The number of aryl methyl sites for hydroxylation is 4. The Morgan fingerprint density at radius 3 is 1.11 bits per heavy atom. The van der Waals surface area contributed by atoms with Gasteiger partial charge in [-0.1, -0.05) is 107 Å². The van der Waals surface area contributed by atoms with E-state index in [1.54, 1.807) is 36.4 Å². The van der Waals surface area contributed by atoms with E-state index in [1.807, 2.05) is 48.5 Å². The van der Waals surface area contributed by atoms with Crippen LogP contribution in [0.5, 0.6) is 0 Å². The summed E-state index contributed by atoms with van der Waals surface area (Å²) in [7, 11) is -14.3. The lowest BCUT2D eigenvalue weighted by molar-refractivity contribution is 0.0943. The summed E-state index contributed by atoms with van der Waals surface area (Å²) >= 11 is 24.5. The maximum atomic E-state index is 13.1. The zero-order valence-electron chi connectivity index (χ0n) is 41.7. The number of carbonyl (C=O) groups is 2. The Bertz CT molecular complexity index is 3740. The topological polar surface area (TPSA) is 357 Å². The number of nitrogen functional groups attached to an aromatic ring is 4. The summed E-state index contributed by atoms with van der Waals surface area (Å²) in [5.74, 6) is -0.239. The quantitative estimate of drug-likeness (QED) is 0.0330. The third kappa shape index (κ3) is 18.7. The molecule has 424 valence electrons. The Morgan fingerprint density at radius 2 is 0.790 bits per heavy atom. The Hall–Kier alpha value is -7.59. The van der Waals surface area contributed by atoms with Crippen molar-refractivity contribution >= 4 is 113 Å². The van der Waals surface area contributed by atoms with Gasteiger partial charge in [0.15, 0.2) is 0 Å². The summed E-state index contributed by atoms with van der Waals surface area (Å²) in [4.78, 5) is 40.9. The average molecular weight is 1250 g/mol. The molecule has 0 atom stereocenters. The minimum atomic E-state index is -4.82. The van der Waals surface area contributed by atoms with Gasteiger partial charge in [0.1, 0.15) is 11.6 Å². The molecule has 0 bridgehead atoms. The number of nitrogens with one attached hydrogen (secondary N) is 2. The van der Waals surface area contributed by atoms with Gasteiger partial charge in [0, 0.05) is 35.3 Å². The predicted molar refractivity (Wildman–Crippen MR) is 306 cm³/mol. The predicted octanol–water partition coefficient (Wildman–Crippen LogP) is 9.32. The van der Waals surface area contributed by atoms with Gasteiger partial charge in [-0.25, -0.2) is 9.97 Å². The number of hydrogen-bond acceptors (Lipinski definition) is 16. The molecule has 8 aromatic rings. The molecule has 29 heteroatoms. The molecule has 0 aliphatic rings. The highest BCUT2D eigenvalue weighted by molar-refractivity contribution is 7.86. The van der Waals surface area contributed by atoms with E-state index in [9.17, 15) is 34.2 Å². The van der Waals surface area contributed by atoms with Gasteiger partial charge in [0.25, 0.3) is 11.8 Å². The summed E-state index contributed by atoms with van der Waals surface area (Å²) in [6.07, 6.45) is 2.22. The van der Waals surface area contributed by atoms with E-state index in [0.717, 1.165) is 57.6 Å². The normalized spacial score (nSPS) is 11.4. The third-order valence-corrected chi connectivity index (χ3v) is 14.6. The molecule has 0 fully saturated rings. The van der Waals surface area contributed by atoms with Gasteiger partial charge in [-0.3, -0.25) is 18.7 Å². The molecule has 0 saturated carbocycles. The van der Waals surface area contributed by atoms with Crippen LogP contribution in [0.4, 0.5) is 31.3 Å². The minimum absolute atomic E-state index is 0.0647. The first-order valence-electron chi connectivity index (χ1n) is 23.3. The number of carbonyl (C=O) groups excluding carboxylic acids is 2. The maximum absolute atomic E-state index is 13.1. The smallest absolute Gasteiger partial charge is 0.383 e. The molecular weight excluding hydrogens is 1200 g/mol. The lowest BCUT2D eigenvalue weighted by Gasteiger charge is -2.13. The van der Waals surface area contributed by atoms with E-state index in [4.69, 9.17) is 86.9 Å². The Labute approximate surface area is 483 Å². The van der Waals surface area contributed by atoms with Gasteiger partial charge in [0.2, 0.25) is 11.9 Å². The van der Waals surface area contributed by atoms with Gasteiger partial charge in [-0.05, 0) is 132 Å². The van der Waals surface area contributed by atoms with Crippen LogP contribution in [0.25, 0.3) is 22.3 Å². The summed E-state index contributed by atoms with van der Waals surface area (Å²) in [5.41, 5.74) is 32.2. The Morgan fingerprint density at radius 1 is 0.457 bits per heavy atom. The van der Waals surface area contributed by atoms with Crippen molar-refractivity contribution in [3.63, 3.8) is 0 Å². The first kappa shape index (κ1) is 62.6. The summed E-state index contributed by atoms with van der Waals surface area (Å²) < 4.78 is 102. The number of rotatable bonds is 16. The monoisotopic (exact) mass is 1240 g/mol. The molecule has 0 aliphatic heterocycles. The first-order chi connectivity index (χ1) is 38.0. The molecular formula is C52H46Cl4F2N10O10S3. The van der Waals surface area contributed by atoms with Gasteiger partial charge in [0.05, 0.1) is 41.3 Å². The number of hydrogen-bond donors (Lipinski definition) is 8. The van der Waals surface area contributed by atoms with Crippen LogP contribution in [0.15, 0.2) is 143 Å². The number of amides is 2. The molecule has 6 aromatic carbocycles. The van der Waals surface area contributed by atoms with E-state index in [-0.39, 0.29) is 47.7 Å². The van der Waals surface area contributed by atoms with Gasteiger partial charge in [-0.2, -0.15) is 35.2 Å². The van der Waals surface area contributed by atoms with Crippen molar-refractivity contribution in [2.45, 2.75) is 48.6 Å². The second kappa shape index (κ2) is 27.2. The molecule has 8 rings (SSSR count). The summed E-state index contributed by atoms with van der Waals surface area (Å²) in [6, 6.07) is 34.8. The van der Waals surface area contributed by atoms with Crippen LogP contribution < -0.4 is 33.6 Å². The second-order valence-corrected chi connectivity index (χ2v) is 22.4. The number of benzene rings is 6. The van der Waals surface area contributed by atoms with Gasteiger partial charge < -0.3 is 33.6 Å². The average Bonchev–Trinajstić information content (AvgIpc) is 3.43. The highest BCUT2D eigenvalue weighted by Crippen LogP contribution is 2.35. The van der Waals surface area contributed by atoms with Crippen LogP contribution in [0, 0.1) is 0 Å². The number of aromatic nitrogens is 4. The molecule has 2 amide bonds. The summed E-state index contributed by atoms with van der Waals surface area (Å²) in [5, 5.41) is 7.13. The molecule has 0 unspecified atom stereocenters. The van der Waals surface area contributed by atoms with Crippen LogP contribution in [0.3, 0.4) is 0 Å². The fourth-order valence-corrected chi connectivity index (χ4v) is 9.33. The fourth-order valence-electron chi connectivity index (χ4n) is 7.81. The van der Waals surface area contributed by atoms with Gasteiger partial charge >= 0.3 is 30.8 Å². The third-order valence-electron chi connectivity index (χ3n) is 11.5. The van der Waals surface area contributed by atoms with Crippen LogP contribution >= 0.6 is 46.4 Å². The fraction of sp³-hybridized carbons (Fsp3) is 0.115. The largest absolute Gasteiger partial charge is 0.394 e. The zero-order valence-corrected chi connectivity index (χ0v) is 47.2. The van der Waals surface area contributed by atoms with Crippen molar-refractivity contribution in [1.82, 2.24) is 30.6 Å². The number of nitrogens with two attached hydrogens (primary N) is 4. The van der Waals surface area contributed by atoms with Gasteiger partial charge in [-0.15, -0.1) is 7.77 Å². The summed E-state index contributed by atoms with van der Waals surface area (Å²) in [6.45, 7) is 0.468.